The molecule has 1 aromatic heterocycles. The fourth-order valence-electron chi connectivity index (χ4n) is 4.44. The first-order chi connectivity index (χ1) is 16.4. The molecule has 0 spiro atoms. The maximum atomic E-state index is 14.1. The Kier molecular flexibility index (Phi) is 6.93. The Balaban J connectivity index is 1.55. The molecule has 0 saturated carbocycles. The first-order valence-corrected chi connectivity index (χ1v) is 11.4. The lowest BCUT2D eigenvalue weighted by Gasteiger charge is -2.33. The normalized spacial score (nSPS) is 14.4. The van der Waals surface area contributed by atoms with Gasteiger partial charge in [0.1, 0.15) is 23.7 Å². The van der Waals surface area contributed by atoms with E-state index in [0.717, 1.165) is 15.0 Å². The molecule has 4 rings (SSSR count). The molecule has 1 aliphatic rings. The molecule has 0 unspecified atom stereocenters. The Hall–Kier alpha value is -3.72. The molecule has 0 amide bonds. The van der Waals surface area contributed by atoms with Crippen molar-refractivity contribution in [2.24, 2.45) is 0 Å². The number of ketones is 1. The molecular formula is C25H29FN5O3+. The van der Waals surface area contributed by atoms with E-state index in [1.165, 1.54) is 10.6 Å². The van der Waals surface area contributed by atoms with Crippen molar-refractivity contribution in [3.05, 3.63) is 92.4 Å². The summed E-state index contributed by atoms with van der Waals surface area (Å²) in [5, 5.41) is 0. The lowest BCUT2D eigenvalue weighted by Crippen LogP contribution is -3.15. The first-order valence-electron chi connectivity index (χ1n) is 11.4. The van der Waals surface area contributed by atoms with Crippen LogP contribution in [0.25, 0.3) is 0 Å². The number of nitrogen functional groups attached to an aromatic ring is 1. The van der Waals surface area contributed by atoms with Gasteiger partial charge in [0.2, 0.25) is 5.78 Å². The molecule has 2 heterocycles. The van der Waals surface area contributed by atoms with Crippen LogP contribution in [-0.4, -0.2) is 47.6 Å². The molecule has 0 aliphatic carbocycles. The number of nitrogens with two attached hydrogens (primary N) is 1. The van der Waals surface area contributed by atoms with E-state index in [1.54, 1.807) is 25.1 Å². The van der Waals surface area contributed by atoms with Gasteiger partial charge < -0.3 is 15.5 Å². The predicted octanol–water partition coefficient (Wildman–Crippen LogP) is 0.387. The van der Waals surface area contributed by atoms with E-state index in [9.17, 15) is 18.8 Å². The highest BCUT2D eigenvalue weighted by molar-refractivity contribution is 6.00. The minimum atomic E-state index is -0.649. The summed E-state index contributed by atoms with van der Waals surface area (Å²) in [5.74, 6) is -0.755. The van der Waals surface area contributed by atoms with Crippen LogP contribution >= 0.6 is 0 Å². The minimum Gasteiger partial charge on any atom is -0.384 e. The zero-order valence-corrected chi connectivity index (χ0v) is 19.2. The molecule has 0 bridgehead atoms. The highest BCUT2D eigenvalue weighted by Gasteiger charge is 2.28. The number of carbonyl (C=O) groups is 1. The number of halogens is 1. The lowest BCUT2D eigenvalue weighted by atomic mass is 10.1. The number of rotatable bonds is 7. The summed E-state index contributed by atoms with van der Waals surface area (Å²) in [4.78, 5) is 42.1. The van der Waals surface area contributed by atoms with Gasteiger partial charge in [-0.3, -0.25) is 18.7 Å². The van der Waals surface area contributed by atoms with Crippen molar-refractivity contribution in [1.29, 1.82) is 0 Å². The molecule has 8 nitrogen and oxygen atoms in total. The number of piperazine rings is 1. The van der Waals surface area contributed by atoms with Crippen molar-refractivity contribution in [3.63, 3.8) is 0 Å². The molecular weight excluding hydrogens is 437 g/mol. The molecule has 3 aromatic rings. The molecule has 9 heteroatoms. The van der Waals surface area contributed by atoms with Gasteiger partial charge in [-0.25, -0.2) is 9.18 Å². The Morgan fingerprint density at radius 3 is 2.29 bits per heavy atom. The second-order valence-corrected chi connectivity index (χ2v) is 8.45. The number of anilines is 2. The Morgan fingerprint density at radius 1 is 1.00 bits per heavy atom. The number of nitrogens with one attached hydrogen (secondary N) is 1. The molecule has 1 fully saturated rings. The summed E-state index contributed by atoms with van der Waals surface area (Å²) in [6, 6.07) is 15.9. The van der Waals surface area contributed by atoms with E-state index >= 15 is 0 Å². The van der Waals surface area contributed by atoms with Crippen molar-refractivity contribution in [2.75, 3.05) is 43.4 Å². The number of quaternary nitrogens is 1. The van der Waals surface area contributed by atoms with Crippen LogP contribution in [0, 0.1) is 5.82 Å². The average Bonchev–Trinajstić information content (AvgIpc) is 2.84. The lowest BCUT2D eigenvalue weighted by molar-refractivity contribution is -0.892. The van der Waals surface area contributed by atoms with Gasteiger partial charge in [-0.2, -0.15) is 0 Å². The number of aromatic nitrogens is 2. The van der Waals surface area contributed by atoms with Crippen LogP contribution in [0.15, 0.2) is 64.2 Å². The van der Waals surface area contributed by atoms with Crippen LogP contribution in [0.2, 0.25) is 0 Å². The summed E-state index contributed by atoms with van der Waals surface area (Å²) >= 11 is 0. The van der Waals surface area contributed by atoms with E-state index in [1.807, 2.05) is 35.2 Å². The van der Waals surface area contributed by atoms with Gasteiger partial charge in [0.15, 0.2) is 0 Å². The molecule has 3 N–H and O–H groups in total. The van der Waals surface area contributed by atoms with Gasteiger partial charge in [0, 0.05) is 6.54 Å². The zero-order chi connectivity index (χ0) is 24.2. The summed E-state index contributed by atoms with van der Waals surface area (Å²) in [6.45, 7) is 4.49. The van der Waals surface area contributed by atoms with E-state index in [-0.39, 0.29) is 42.6 Å². The topological polar surface area (TPSA) is 94.8 Å². The third kappa shape index (κ3) is 4.65. The predicted molar refractivity (Wildman–Crippen MR) is 129 cm³/mol. The Morgan fingerprint density at radius 2 is 1.65 bits per heavy atom. The van der Waals surface area contributed by atoms with Crippen LogP contribution in [0.3, 0.4) is 0 Å². The van der Waals surface area contributed by atoms with E-state index < -0.39 is 11.2 Å². The largest absolute Gasteiger partial charge is 0.384 e. The molecule has 2 aromatic carbocycles. The smallest absolute Gasteiger partial charge is 0.332 e. The van der Waals surface area contributed by atoms with Gasteiger partial charge in [-0.1, -0.05) is 42.5 Å². The second kappa shape index (κ2) is 10.0. The van der Waals surface area contributed by atoms with Gasteiger partial charge in [0.25, 0.3) is 5.56 Å². The summed E-state index contributed by atoms with van der Waals surface area (Å²) in [6.07, 6.45) is 0. The maximum Gasteiger partial charge on any atom is 0.332 e. The van der Waals surface area contributed by atoms with Crippen molar-refractivity contribution < 1.29 is 14.1 Å². The molecule has 0 radical (unpaired) electrons. The highest BCUT2D eigenvalue weighted by Crippen LogP contribution is 2.18. The zero-order valence-electron chi connectivity index (χ0n) is 19.2. The molecule has 0 atom stereocenters. The third-order valence-electron chi connectivity index (χ3n) is 6.32. The van der Waals surface area contributed by atoms with Crippen LogP contribution in [0.1, 0.15) is 22.8 Å². The molecule has 1 saturated heterocycles. The maximum absolute atomic E-state index is 14.1. The summed E-state index contributed by atoms with van der Waals surface area (Å²) in [5.41, 5.74) is 6.32. The highest BCUT2D eigenvalue weighted by atomic mass is 19.1. The van der Waals surface area contributed by atoms with Crippen LogP contribution in [0.5, 0.6) is 0 Å². The Labute approximate surface area is 196 Å². The number of hydrogen-bond donors (Lipinski definition) is 2. The van der Waals surface area contributed by atoms with Crippen LogP contribution in [0.4, 0.5) is 15.9 Å². The van der Waals surface area contributed by atoms with Gasteiger partial charge in [-0.15, -0.1) is 0 Å². The van der Waals surface area contributed by atoms with E-state index in [0.29, 0.717) is 31.9 Å². The van der Waals surface area contributed by atoms with Gasteiger partial charge >= 0.3 is 5.69 Å². The summed E-state index contributed by atoms with van der Waals surface area (Å²) < 4.78 is 16.5. The van der Waals surface area contributed by atoms with Crippen molar-refractivity contribution in [3.8, 4) is 0 Å². The van der Waals surface area contributed by atoms with Crippen LogP contribution < -0.4 is 26.8 Å². The second-order valence-electron chi connectivity index (χ2n) is 8.45. The monoisotopic (exact) mass is 466 g/mol. The fourth-order valence-corrected chi connectivity index (χ4v) is 4.44. The van der Waals surface area contributed by atoms with Gasteiger partial charge in [-0.05, 0) is 24.6 Å². The third-order valence-corrected chi connectivity index (χ3v) is 6.32. The van der Waals surface area contributed by atoms with E-state index in [4.69, 9.17) is 5.73 Å². The van der Waals surface area contributed by atoms with Crippen LogP contribution in [-0.2, 0) is 13.1 Å². The quantitative estimate of drug-likeness (QED) is 0.492. The number of para-hydroxylation sites is 1. The van der Waals surface area contributed by atoms with E-state index in [2.05, 4.69) is 0 Å². The average molecular weight is 467 g/mol. The Bertz CT molecular complexity index is 1290. The first kappa shape index (κ1) is 23.4. The fraction of sp³-hybridized carbons (Fsp3) is 0.320. The minimum absolute atomic E-state index is 0.0812. The summed E-state index contributed by atoms with van der Waals surface area (Å²) in [7, 11) is 0. The molecule has 178 valence electrons. The van der Waals surface area contributed by atoms with Crippen molar-refractivity contribution >= 4 is 17.3 Å². The number of benzene rings is 2. The molecule has 1 aliphatic heterocycles. The van der Waals surface area contributed by atoms with Crippen molar-refractivity contribution in [1.82, 2.24) is 9.13 Å². The van der Waals surface area contributed by atoms with Crippen molar-refractivity contribution in [2.45, 2.75) is 20.0 Å². The molecule has 34 heavy (non-hydrogen) atoms. The van der Waals surface area contributed by atoms with Gasteiger partial charge in [0.05, 0.1) is 38.4 Å². The SMILES string of the molecule is CCn1c(=O)c(C(=O)C[NH+]2CCN(c3ccccc3F)CC2)c(N)n(Cc2ccccc2)c1=O. The number of Topliss-reactive ketones (excluding diaryl/α,β-unsaturated/α-hetero) is 1. The number of hydrogen-bond acceptors (Lipinski definition) is 5. The number of nitrogens with zero attached hydrogens (tertiary/aromatic N) is 3. The number of carbonyl (C=O) groups excluding carboxylic acids is 1. The standard InChI is InChI=1S/C25H28FN5O3/c1-2-30-24(33)22(23(27)31(25(30)34)16-18-8-4-3-5-9-18)21(32)17-28-12-14-29(15-13-28)20-11-7-6-10-19(20)26/h3-11H,2,12-17,27H2,1H3/p+1.